The lowest BCUT2D eigenvalue weighted by atomic mass is 10.0. The predicted octanol–water partition coefficient (Wildman–Crippen LogP) is 1.92. The summed E-state index contributed by atoms with van der Waals surface area (Å²) in [6.07, 6.45) is -4.55. The molecule has 7 heteroatoms. The third-order valence-electron chi connectivity index (χ3n) is 3.83. The lowest BCUT2D eigenvalue weighted by Gasteiger charge is -2.39. The normalized spacial score (nSPS) is 21.7. The summed E-state index contributed by atoms with van der Waals surface area (Å²) in [7, 11) is 1.96. The second-order valence-electron chi connectivity index (χ2n) is 5.42. The fourth-order valence-electron chi connectivity index (χ4n) is 2.65. The number of nitrogens with two attached hydrogens (primary N) is 1. The first kappa shape index (κ1) is 16.2. The van der Waals surface area contributed by atoms with Crippen molar-refractivity contribution in [3.63, 3.8) is 0 Å². The van der Waals surface area contributed by atoms with E-state index in [0.717, 1.165) is 19.2 Å². The van der Waals surface area contributed by atoms with E-state index >= 15 is 0 Å². The second-order valence-corrected chi connectivity index (χ2v) is 5.42. The van der Waals surface area contributed by atoms with Crippen LogP contribution in [0.5, 0.6) is 0 Å². The van der Waals surface area contributed by atoms with Gasteiger partial charge in [-0.25, -0.2) is 4.39 Å². The molecular weight excluding hydrogens is 286 g/mol. The van der Waals surface area contributed by atoms with Gasteiger partial charge in [0.15, 0.2) is 0 Å². The zero-order chi connectivity index (χ0) is 15.6. The second kappa shape index (κ2) is 6.29. The summed E-state index contributed by atoms with van der Waals surface area (Å²) >= 11 is 0. The number of benzene rings is 1. The van der Waals surface area contributed by atoms with Crippen LogP contribution in [0.2, 0.25) is 0 Å². The minimum atomic E-state index is -4.55. The van der Waals surface area contributed by atoms with Crippen LogP contribution in [-0.4, -0.2) is 49.1 Å². The van der Waals surface area contributed by atoms with E-state index in [1.54, 1.807) is 0 Å². The van der Waals surface area contributed by atoms with Crippen LogP contribution in [0.4, 0.5) is 17.6 Å². The molecule has 1 aliphatic rings. The summed E-state index contributed by atoms with van der Waals surface area (Å²) in [5.74, 6) is -0.875. The smallest absolute Gasteiger partial charge is 0.329 e. The van der Waals surface area contributed by atoms with E-state index in [-0.39, 0.29) is 18.2 Å². The monoisotopic (exact) mass is 305 g/mol. The average molecular weight is 305 g/mol. The van der Waals surface area contributed by atoms with Crippen molar-refractivity contribution in [3.8, 4) is 0 Å². The minimum Gasteiger partial charge on any atom is -0.329 e. The van der Waals surface area contributed by atoms with E-state index < -0.39 is 17.6 Å². The third kappa shape index (κ3) is 3.93. The molecule has 3 nitrogen and oxygen atoms in total. The fraction of sp³-hybridized carbons (Fsp3) is 0.571. The summed E-state index contributed by atoms with van der Waals surface area (Å²) in [6.45, 7) is 2.66. The van der Waals surface area contributed by atoms with Crippen molar-refractivity contribution in [2.45, 2.75) is 18.8 Å². The molecule has 0 saturated carbocycles. The van der Waals surface area contributed by atoms with Crippen molar-refractivity contribution >= 4 is 0 Å². The summed E-state index contributed by atoms with van der Waals surface area (Å²) in [6, 6.07) is 2.85. The van der Waals surface area contributed by atoms with E-state index in [9.17, 15) is 17.6 Å². The van der Waals surface area contributed by atoms with Crippen molar-refractivity contribution in [1.29, 1.82) is 0 Å². The molecule has 0 aliphatic carbocycles. The van der Waals surface area contributed by atoms with Crippen molar-refractivity contribution in [3.05, 3.63) is 35.1 Å². The summed E-state index contributed by atoms with van der Waals surface area (Å²) < 4.78 is 52.1. The summed E-state index contributed by atoms with van der Waals surface area (Å²) in [5, 5.41) is 0. The summed E-state index contributed by atoms with van der Waals surface area (Å²) in [5.41, 5.74) is 4.89. The van der Waals surface area contributed by atoms with Crippen LogP contribution in [0.1, 0.15) is 11.1 Å². The van der Waals surface area contributed by atoms with E-state index in [1.165, 1.54) is 6.07 Å². The van der Waals surface area contributed by atoms with Gasteiger partial charge in [0.2, 0.25) is 0 Å². The molecule has 1 fully saturated rings. The highest BCUT2D eigenvalue weighted by molar-refractivity contribution is 5.30. The third-order valence-corrected chi connectivity index (χ3v) is 3.83. The molecular formula is C14H19F4N3. The van der Waals surface area contributed by atoms with Crippen LogP contribution in [0.15, 0.2) is 18.2 Å². The van der Waals surface area contributed by atoms with Gasteiger partial charge in [0.1, 0.15) is 5.82 Å². The lowest BCUT2D eigenvalue weighted by molar-refractivity contribution is -0.138. The highest BCUT2D eigenvalue weighted by Gasteiger charge is 2.35. The number of alkyl halides is 3. The number of hydrogen-bond donors (Lipinski definition) is 1. The molecule has 1 aliphatic heterocycles. The molecule has 1 aromatic rings. The Balaban J connectivity index is 2.23. The number of rotatable bonds is 3. The molecule has 21 heavy (non-hydrogen) atoms. The quantitative estimate of drug-likeness (QED) is 0.866. The topological polar surface area (TPSA) is 32.5 Å². The largest absolute Gasteiger partial charge is 0.416 e. The van der Waals surface area contributed by atoms with E-state index in [2.05, 4.69) is 4.90 Å². The van der Waals surface area contributed by atoms with Crippen molar-refractivity contribution in [1.82, 2.24) is 9.80 Å². The Morgan fingerprint density at radius 1 is 1.29 bits per heavy atom. The van der Waals surface area contributed by atoms with Crippen LogP contribution in [0.25, 0.3) is 0 Å². The average Bonchev–Trinajstić information content (AvgIpc) is 2.41. The Labute approximate surface area is 121 Å². The standard InChI is InChI=1S/C14H19F4N3/c1-20-4-5-21(12(7-19)9-20)8-10-2-3-11(15)6-13(10)14(16,17)18/h2-3,6,12H,4-5,7-9,19H2,1H3. The number of nitrogens with zero attached hydrogens (tertiary/aromatic N) is 2. The molecule has 118 valence electrons. The van der Waals surface area contributed by atoms with Gasteiger partial charge in [0.25, 0.3) is 0 Å². The maximum absolute atomic E-state index is 13.1. The van der Waals surface area contributed by atoms with Crippen molar-refractivity contribution < 1.29 is 17.6 Å². The molecule has 2 rings (SSSR count). The van der Waals surface area contributed by atoms with E-state index in [0.29, 0.717) is 19.2 Å². The molecule has 0 amide bonds. The van der Waals surface area contributed by atoms with E-state index in [1.807, 2.05) is 11.9 Å². The molecule has 0 radical (unpaired) electrons. The van der Waals surface area contributed by atoms with Gasteiger partial charge in [-0.2, -0.15) is 13.2 Å². The maximum Gasteiger partial charge on any atom is 0.416 e. The number of hydrogen-bond acceptors (Lipinski definition) is 3. The van der Waals surface area contributed by atoms with Gasteiger partial charge >= 0.3 is 6.18 Å². The highest BCUT2D eigenvalue weighted by Crippen LogP contribution is 2.33. The Kier molecular flexibility index (Phi) is 4.85. The molecule has 1 heterocycles. The number of halogens is 4. The van der Waals surface area contributed by atoms with Crippen LogP contribution < -0.4 is 5.73 Å². The minimum absolute atomic E-state index is 0.00915. The van der Waals surface area contributed by atoms with Gasteiger partial charge in [-0.15, -0.1) is 0 Å². The van der Waals surface area contributed by atoms with E-state index in [4.69, 9.17) is 5.73 Å². The van der Waals surface area contributed by atoms with Gasteiger partial charge in [-0.3, -0.25) is 4.90 Å². The van der Waals surface area contributed by atoms with Gasteiger partial charge in [0, 0.05) is 38.8 Å². The fourth-order valence-corrected chi connectivity index (χ4v) is 2.65. The highest BCUT2D eigenvalue weighted by atomic mass is 19.4. The molecule has 1 aromatic carbocycles. The van der Waals surface area contributed by atoms with Gasteiger partial charge < -0.3 is 10.6 Å². The van der Waals surface area contributed by atoms with Crippen LogP contribution >= 0.6 is 0 Å². The van der Waals surface area contributed by atoms with Crippen molar-refractivity contribution in [2.75, 3.05) is 33.2 Å². The lowest BCUT2D eigenvalue weighted by Crippen LogP contribution is -2.54. The first-order chi connectivity index (χ1) is 9.81. The Hall–Kier alpha value is -1.18. The van der Waals surface area contributed by atoms with Crippen LogP contribution in [0, 0.1) is 5.82 Å². The molecule has 1 atom stereocenters. The zero-order valence-corrected chi connectivity index (χ0v) is 11.8. The molecule has 0 bridgehead atoms. The zero-order valence-electron chi connectivity index (χ0n) is 11.8. The summed E-state index contributed by atoms with van der Waals surface area (Å²) in [4.78, 5) is 4.03. The van der Waals surface area contributed by atoms with Gasteiger partial charge in [-0.05, 0) is 24.7 Å². The molecule has 0 spiro atoms. The molecule has 1 saturated heterocycles. The van der Waals surface area contributed by atoms with Crippen LogP contribution in [0.3, 0.4) is 0 Å². The van der Waals surface area contributed by atoms with Crippen LogP contribution in [-0.2, 0) is 12.7 Å². The Bertz CT molecular complexity index is 490. The number of piperazine rings is 1. The molecule has 0 aromatic heterocycles. The Morgan fingerprint density at radius 3 is 2.62 bits per heavy atom. The maximum atomic E-state index is 13.1. The molecule has 1 unspecified atom stereocenters. The van der Waals surface area contributed by atoms with Gasteiger partial charge in [0.05, 0.1) is 5.56 Å². The first-order valence-corrected chi connectivity index (χ1v) is 6.79. The number of likely N-dealkylation sites (N-methyl/N-ethyl adjacent to an activating group) is 1. The molecule has 2 N–H and O–H groups in total. The van der Waals surface area contributed by atoms with Crippen molar-refractivity contribution in [2.24, 2.45) is 5.73 Å². The predicted molar refractivity (Wildman–Crippen MR) is 72.2 cm³/mol. The SMILES string of the molecule is CN1CCN(Cc2ccc(F)cc2C(F)(F)F)C(CN)C1. The van der Waals surface area contributed by atoms with Gasteiger partial charge in [-0.1, -0.05) is 6.07 Å². The first-order valence-electron chi connectivity index (χ1n) is 6.79. The Morgan fingerprint density at radius 2 is 2.00 bits per heavy atom.